The molecule has 25 heavy (non-hydrogen) atoms. The van der Waals surface area contributed by atoms with Crippen LogP contribution in [0.25, 0.3) is 0 Å². The molecule has 0 radical (unpaired) electrons. The van der Waals surface area contributed by atoms with Crippen molar-refractivity contribution in [2.75, 3.05) is 18.1 Å². The van der Waals surface area contributed by atoms with Crippen molar-refractivity contribution in [1.29, 1.82) is 0 Å². The van der Waals surface area contributed by atoms with Gasteiger partial charge in [0.05, 0.1) is 30.5 Å². The lowest BCUT2D eigenvalue weighted by Gasteiger charge is -2.32. The lowest BCUT2D eigenvalue weighted by molar-refractivity contribution is -0.139. The largest absolute Gasteiger partial charge is 0.463 e. The van der Waals surface area contributed by atoms with Crippen molar-refractivity contribution < 1.29 is 14.3 Å². The minimum Gasteiger partial charge on any atom is -0.463 e. The van der Waals surface area contributed by atoms with E-state index in [0.29, 0.717) is 36.9 Å². The number of esters is 1. The Kier molecular flexibility index (Phi) is 4.97. The molecule has 2 amide bonds. The fraction of sp³-hybridized carbons (Fsp3) is 0.474. The van der Waals surface area contributed by atoms with E-state index in [4.69, 9.17) is 4.74 Å². The fourth-order valence-electron chi connectivity index (χ4n) is 3.63. The second-order valence-electron chi connectivity index (χ2n) is 6.48. The Morgan fingerprint density at radius 2 is 2.08 bits per heavy atom. The first kappa shape index (κ1) is 17.3. The summed E-state index contributed by atoms with van der Waals surface area (Å²) in [7, 11) is 0. The van der Waals surface area contributed by atoms with E-state index in [-0.39, 0.29) is 18.0 Å². The SMILES string of the molecule is CCOC(=O)C1=C(CN2c3ccccc3C[C@H]2C)NC(=O)N[C@@H]1CC. The van der Waals surface area contributed by atoms with Gasteiger partial charge < -0.3 is 20.3 Å². The Morgan fingerprint density at radius 3 is 2.80 bits per heavy atom. The van der Waals surface area contributed by atoms with E-state index in [1.54, 1.807) is 6.92 Å². The summed E-state index contributed by atoms with van der Waals surface area (Å²) in [5.41, 5.74) is 3.62. The molecule has 2 aliphatic heterocycles. The molecule has 0 aliphatic carbocycles. The molecule has 1 aromatic carbocycles. The van der Waals surface area contributed by atoms with E-state index in [0.717, 1.165) is 12.1 Å². The van der Waals surface area contributed by atoms with Gasteiger partial charge in [-0.05, 0) is 38.3 Å². The maximum atomic E-state index is 12.5. The van der Waals surface area contributed by atoms with Gasteiger partial charge in [-0.1, -0.05) is 25.1 Å². The van der Waals surface area contributed by atoms with E-state index >= 15 is 0 Å². The smallest absolute Gasteiger partial charge is 0.337 e. The molecule has 0 unspecified atom stereocenters. The first-order valence-electron chi connectivity index (χ1n) is 8.87. The number of hydrogen-bond donors (Lipinski definition) is 2. The summed E-state index contributed by atoms with van der Waals surface area (Å²) in [6.07, 6.45) is 1.60. The van der Waals surface area contributed by atoms with Gasteiger partial charge in [-0.25, -0.2) is 9.59 Å². The quantitative estimate of drug-likeness (QED) is 0.805. The van der Waals surface area contributed by atoms with Crippen LogP contribution >= 0.6 is 0 Å². The molecule has 0 saturated carbocycles. The van der Waals surface area contributed by atoms with Gasteiger partial charge in [-0.15, -0.1) is 0 Å². The van der Waals surface area contributed by atoms with Gasteiger partial charge in [0.1, 0.15) is 0 Å². The lowest BCUT2D eigenvalue weighted by atomic mass is 9.99. The minimum atomic E-state index is -0.364. The van der Waals surface area contributed by atoms with Crippen molar-refractivity contribution in [2.24, 2.45) is 0 Å². The second kappa shape index (κ2) is 7.17. The van der Waals surface area contributed by atoms with Crippen LogP contribution in [-0.2, 0) is 16.0 Å². The van der Waals surface area contributed by atoms with E-state index in [2.05, 4.69) is 34.6 Å². The fourth-order valence-corrected chi connectivity index (χ4v) is 3.63. The monoisotopic (exact) mass is 343 g/mol. The second-order valence-corrected chi connectivity index (χ2v) is 6.48. The third-order valence-electron chi connectivity index (χ3n) is 4.82. The van der Waals surface area contributed by atoms with Crippen LogP contribution in [0.2, 0.25) is 0 Å². The molecule has 0 bridgehead atoms. The first-order valence-corrected chi connectivity index (χ1v) is 8.87. The molecule has 2 atom stereocenters. The summed E-state index contributed by atoms with van der Waals surface area (Å²) < 4.78 is 5.23. The molecule has 6 heteroatoms. The van der Waals surface area contributed by atoms with Gasteiger partial charge in [0.15, 0.2) is 0 Å². The van der Waals surface area contributed by atoms with Crippen molar-refractivity contribution in [2.45, 2.75) is 45.7 Å². The number of fused-ring (bicyclic) bond motifs is 1. The number of rotatable bonds is 5. The van der Waals surface area contributed by atoms with Gasteiger partial charge in [-0.2, -0.15) is 0 Å². The number of nitrogens with one attached hydrogen (secondary N) is 2. The summed E-state index contributed by atoms with van der Waals surface area (Å²) in [4.78, 5) is 26.8. The zero-order valence-corrected chi connectivity index (χ0v) is 15.0. The van der Waals surface area contributed by atoms with Crippen molar-refractivity contribution in [3.05, 3.63) is 41.1 Å². The Morgan fingerprint density at radius 1 is 1.32 bits per heavy atom. The van der Waals surface area contributed by atoms with Gasteiger partial charge in [-0.3, -0.25) is 0 Å². The van der Waals surface area contributed by atoms with Gasteiger partial charge in [0.25, 0.3) is 0 Å². The number of nitrogens with zero attached hydrogens (tertiary/aromatic N) is 1. The molecule has 0 saturated heterocycles. The Bertz CT molecular complexity index is 714. The van der Waals surface area contributed by atoms with E-state index in [1.807, 2.05) is 19.1 Å². The highest BCUT2D eigenvalue weighted by Gasteiger charge is 2.34. The topological polar surface area (TPSA) is 70.7 Å². The average Bonchev–Trinajstić information content (AvgIpc) is 2.90. The molecule has 6 nitrogen and oxygen atoms in total. The number of benzene rings is 1. The van der Waals surface area contributed by atoms with Crippen molar-refractivity contribution in [1.82, 2.24) is 10.6 Å². The van der Waals surface area contributed by atoms with Gasteiger partial charge in [0.2, 0.25) is 0 Å². The molecular weight excluding hydrogens is 318 g/mol. The molecule has 134 valence electrons. The van der Waals surface area contributed by atoms with Crippen molar-refractivity contribution in [3.63, 3.8) is 0 Å². The number of amides is 2. The van der Waals surface area contributed by atoms with Crippen LogP contribution in [-0.4, -0.2) is 37.2 Å². The van der Waals surface area contributed by atoms with Crippen molar-refractivity contribution in [3.8, 4) is 0 Å². The average molecular weight is 343 g/mol. The highest BCUT2D eigenvalue weighted by molar-refractivity contribution is 5.95. The Hall–Kier alpha value is -2.50. The standard InChI is InChI=1S/C19H25N3O3/c1-4-14-17(18(23)25-5-2)15(21-19(24)20-14)11-22-12(3)10-13-8-6-7-9-16(13)22/h6-9,12,14H,4-5,10-11H2,1-3H3,(H2,20,21,24)/t12-,14-/m1/s1. The van der Waals surface area contributed by atoms with Crippen LogP contribution in [0.15, 0.2) is 35.5 Å². The molecule has 2 aliphatic rings. The predicted molar refractivity (Wildman–Crippen MR) is 96.4 cm³/mol. The van der Waals surface area contributed by atoms with Crippen LogP contribution in [0.5, 0.6) is 0 Å². The Balaban J connectivity index is 1.96. The molecule has 1 aromatic rings. The maximum absolute atomic E-state index is 12.5. The summed E-state index contributed by atoms with van der Waals surface area (Å²) in [5, 5.41) is 5.65. The van der Waals surface area contributed by atoms with Crippen LogP contribution in [0.3, 0.4) is 0 Å². The van der Waals surface area contributed by atoms with Crippen LogP contribution in [0.4, 0.5) is 10.5 Å². The number of anilines is 1. The molecule has 3 rings (SSSR count). The molecule has 0 fully saturated rings. The number of urea groups is 1. The van der Waals surface area contributed by atoms with Crippen LogP contribution in [0.1, 0.15) is 32.8 Å². The Labute approximate surface area is 148 Å². The molecule has 0 spiro atoms. The summed E-state index contributed by atoms with van der Waals surface area (Å²) in [5.74, 6) is -0.364. The summed E-state index contributed by atoms with van der Waals surface area (Å²) in [6, 6.07) is 7.98. The number of carbonyl (C=O) groups excluding carboxylic acids is 2. The van der Waals surface area contributed by atoms with Gasteiger partial charge in [0, 0.05) is 11.7 Å². The zero-order valence-electron chi connectivity index (χ0n) is 15.0. The zero-order chi connectivity index (χ0) is 18.0. The molecule has 2 heterocycles. The summed E-state index contributed by atoms with van der Waals surface area (Å²) in [6.45, 7) is 6.68. The number of carbonyl (C=O) groups is 2. The van der Waals surface area contributed by atoms with E-state index in [9.17, 15) is 9.59 Å². The first-order chi connectivity index (χ1) is 12.0. The maximum Gasteiger partial charge on any atom is 0.337 e. The highest BCUT2D eigenvalue weighted by atomic mass is 16.5. The molecular formula is C19H25N3O3. The van der Waals surface area contributed by atoms with E-state index in [1.165, 1.54) is 5.56 Å². The number of ether oxygens (including phenoxy) is 1. The minimum absolute atomic E-state index is 0.268. The van der Waals surface area contributed by atoms with Crippen LogP contribution in [0, 0.1) is 0 Å². The molecule has 0 aromatic heterocycles. The van der Waals surface area contributed by atoms with Gasteiger partial charge >= 0.3 is 12.0 Å². The lowest BCUT2D eigenvalue weighted by Crippen LogP contribution is -2.52. The predicted octanol–water partition coefficient (Wildman–Crippen LogP) is 2.35. The third kappa shape index (κ3) is 3.34. The normalized spacial score (nSPS) is 22.4. The molecule has 2 N–H and O–H groups in total. The third-order valence-corrected chi connectivity index (χ3v) is 4.82. The highest BCUT2D eigenvalue weighted by Crippen LogP contribution is 2.33. The summed E-state index contributed by atoms with van der Waals surface area (Å²) >= 11 is 0. The van der Waals surface area contributed by atoms with E-state index < -0.39 is 0 Å². The number of hydrogen-bond acceptors (Lipinski definition) is 4. The van der Waals surface area contributed by atoms with Crippen molar-refractivity contribution >= 4 is 17.7 Å². The van der Waals surface area contributed by atoms with Crippen LogP contribution < -0.4 is 15.5 Å². The number of para-hydroxylation sites is 1.